The zero-order valence-corrected chi connectivity index (χ0v) is 16.4. The maximum Gasteiger partial charge on any atom is 0.253 e. The predicted octanol–water partition coefficient (Wildman–Crippen LogP) is 3.62. The van der Waals surface area contributed by atoms with Crippen molar-refractivity contribution in [2.24, 2.45) is 5.92 Å². The van der Waals surface area contributed by atoms with Crippen LogP contribution in [0.3, 0.4) is 0 Å². The number of carbonyl (C=O) groups is 1. The highest BCUT2D eigenvalue weighted by atomic mass is 19.1. The van der Waals surface area contributed by atoms with Gasteiger partial charge in [-0.15, -0.1) is 0 Å². The lowest BCUT2D eigenvalue weighted by Gasteiger charge is -2.32. The number of aliphatic hydroxyl groups excluding tert-OH is 1. The lowest BCUT2D eigenvalue weighted by atomic mass is 9.81. The van der Waals surface area contributed by atoms with Crippen LogP contribution in [0.5, 0.6) is 0 Å². The molecule has 1 fully saturated rings. The van der Waals surface area contributed by atoms with E-state index in [9.17, 15) is 14.3 Å². The molecule has 1 atom stereocenters. The van der Waals surface area contributed by atoms with E-state index in [1.807, 2.05) is 0 Å². The Kier molecular flexibility index (Phi) is 5.58. The van der Waals surface area contributed by atoms with Crippen LogP contribution in [-0.2, 0) is 0 Å². The molecule has 2 heterocycles. The first-order valence-corrected chi connectivity index (χ1v) is 10.1. The number of aliphatic hydroxyl groups is 1. The van der Waals surface area contributed by atoms with E-state index in [4.69, 9.17) is 0 Å². The fourth-order valence-electron chi connectivity index (χ4n) is 4.21. The highest BCUT2D eigenvalue weighted by molar-refractivity contribution is 6.06. The van der Waals surface area contributed by atoms with E-state index in [1.54, 1.807) is 35.4 Å². The molecule has 1 amide bonds. The average Bonchev–Trinajstić information content (AvgIpc) is 3.17. The average molecular weight is 396 g/mol. The summed E-state index contributed by atoms with van der Waals surface area (Å²) in [6.07, 6.45) is 8.91. The van der Waals surface area contributed by atoms with E-state index in [0.29, 0.717) is 28.1 Å². The van der Waals surface area contributed by atoms with Crippen molar-refractivity contribution in [3.05, 3.63) is 54.2 Å². The molecule has 1 unspecified atom stereocenters. The second-order valence-corrected chi connectivity index (χ2v) is 7.71. The molecule has 0 saturated heterocycles. The van der Waals surface area contributed by atoms with E-state index in [0.717, 1.165) is 32.1 Å². The number of nitrogens with one attached hydrogen (secondary N) is 1. The Bertz CT molecular complexity index is 994. The van der Waals surface area contributed by atoms with Gasteiger partial charge in [0, 0.05) is 17.6 Å². The van der Waals surface area contributed by atoms with Gasteiger partial charge in [-0.3, -0.25) is 9.78 Å². The summed E-state index contributed by atoms with van der Waals surface area (Å²) in [5, 5.41) is 18.0. The topological polar surface area (TPSA) is 80.0 Å². The SMILES string of the molecule is CCC(NC(=O)c1cncc2c1cnn2-c1ccc(F)cc1)C1CCC(O)CC1. The van der Waals surface area contributed by atoms with Gasteiger partial charge in [0.05, 0.1) is 35.3 Å². The number of nitrogens with zero attached hydrogens (tertiary/aromatic N) is 3. The molecular formula is C22H25FN4O2. The Balaban J connectivity index is 1.58. The van der Waals surface area contributed by atoms with Gasteiger partial charge in [-0.25, -0.2) is 9.07 Å². The standard InChI is InChI=1S/C22H25FN4O2/c1-2-20(14-3-9-17(28)10-4-14)26-22(29)19-11-24-13-21-18(19)12-25-27(21)16-7-5-15(23)6-8-16/h5-8,11-14,17,20,28H,2-4,9-10H2,1H3,(H,26,29). The minimum absolute atomic E-state index is 0.0670. The van der Waals surface area contributed by atoms with Gasteiger partial charge < -0.3 is 10.4 Å². The first-order valence-electron chi connectivity index (χ1n) is 10.1. The van der Waals surface area contributed by atoms with Crippen LogP contribution in [0.15, 0.2) is 42.9 Å². The summed E-state index contributed by atoms with van der Waals surface area (Å²) >= 11 is 0. The van der Waals surface area contributed by atoms with Crippen LogP contribution in [0.4, 0.5) is 4.39 Å². The van der Waals surface area contributed by atoms with Crippen molar-refractivity contribution in [1.82, 2.24) is 20.1 Å². The molecule has 152 valence electrons. The fraction of sp³-hybridized carbons (Fsp3) is 0.409. The van der Waals surface area contributed by atoms with Gasteiger partial charge in [0.2, 0.25) is 0 Å². The summed E-state index contributed by atoms with van der Waals surface area (Å²) < 4.78 is 14.9. The third-order valence-electron chi connectivity index (χ3n) is 5.88. The molecule has 2 N–H and O–H groups in total. The molecule has 6 nitrogen and oxygen atoms in total. The molecule has 1 aliphatic carbocycles. The summed E-state index contributed by atoms with van der Waals surface area (Å²) in [5.41, 5.74) is 1.87. The molecule has 3 aromatic rings. The second kappa shape index (κ2) is 8.29. The number of rotatable bonds is 5. The fourth-order valence-corrected chi connectivity index (χ4v) is 4.21. The lowest BCUT2D eigenvalue weighted by Crippen LogP contribution is -2.41. The zero-order valence-electron chi connectivity index (χ0n) is 16.4. The number of fused-ring (bicyclic) bond motifs is 1. The smallest absolute Gasteiger partial charge is 0.253 e. The summed E-state index contributed by atoms with van der Waals surface area (Å²) in [7, 11) is 0. The second-order valence-electron chi connectivity index (χ2n) is 7.71. The number of amides is 1. The molecular weight excluding hydrogens is 371 g/mol. The Labute approximate surface area is 168 Å². The van der Waals surface area contributed by atoms with Crippen molar-refractivity contribution in [3.63, 3.8) is 0 Å². The number of carbonyl (C=O) groups excluding carboxylic acids is 1. The monoisotopic (exact) mass is 396 g/mol. The minimum Gasteiger partial charge on any atom is -0.393 e. The van der Waals surface area contributed by atoms with Crippen molar-refractivity contribution in [1.29, 1.82) is 0 Å². The molecule has 1 aromatic carbocycles. The zero-order chi connectivity index (χ0) is 20.4. The third-order valence-corrected chi connectivity index (χ3v) is 5.88. The molecule has 0 radical (unpaired) electrons. The number of hydrogen-bond donors (Lipinski definition) is 2. The first kappa shape index (κ1) is 19.5. The van der Waals surface area contributed by atoms with Crippen molar-refractivity contribution < 1.29 is 14.3 Å². The Morgan fingerprint density at radius 1 is 1.21 bits per heavy atom. The molecule has 7 heteroatoms. The van der Waals surface area contributed by atoms with Crippen LogP contribution in [0.1, 0.15) is 49.4 Å². The summed E-state index contributed by atoms with van der Waals surface area (Å²) in [5.74, 6) is -0.106. The van der Waals surface area contributed by atoms with Crippen molar-refractivity contribution in [3.8, 4) is 5.69 Å². The van der Waals surface area contributed by atoms with E-state index in [1.165, 1.54) is 12.1 Å². The van der Waals surface area contributed by atoms with Crippen molar-refractivity contribution in [2.45, 2.75) is 51.2 Å². The van der Waals surface area contributed by atoms with Gasteiger partial charge in [0.25, 0.3) is 5.91 Å². The molecule has 0 bridgehead atoms. The molecule has 0 aliphatic heterocycles. The summed E-state index contributed by atoms with van der Waals surface area (Å²) in [4.78, 5) is 17.3. The van der Waals surface area contributed by atoms with Crippen LogP contribution < -0.4 is 5.32 Å². The van der Waals surface area contributed by atoms with Gasteiger partial charge in [-0.2, -0.15) is 5.10 Å². The van der Waals surface area contributed by atoms with E-state index in [-0.39, 0.29) is 23.9 Å². The normalized spacial score (nSPS) is 20.5. The van der Waals surface area contributed by atoms with Crippen LogP contribution in [0.2, 0.25) is 0 Å². The van der Waals surface area contributed by atoms with Crippen LogP contribution in [0.25, 0.3) is 16.6 Å². The number of benzene rings is 1. The summed E-state index contributed by atoms with van der Waals surface area (Å²) in [6, 6.07) is 6.09. The highest BCUT2D eigenvalue weighted by Gasteiger charge is 2.27. The largest absolute Gasteiger partial charge is 0.393 e. The maximum absolute atomic E-state index is 13.2. The maximum atomic E-state index is 13.2. The van der Waals surface area contributed by atoms with Gasteiger partial charge in [-0.1, -0.05) is 6.92 Å². The highest BCUT2D eigenvalue weighted by Crippen LogP contribution is 2.29. The molecule has 1 aliphatic rings. The van der Waals surface area contributed by atoms with Crippen LogP contribution >= 0.6 is 0 Å². The van der Waals surface area contributed by atoms with Crippen molar-refractivity contribution >= 4 is 16.8 Å². The van der Waals surface area contributed by atoms with E-state index < -0.39 is 0 Å². The summed E-state index contributed by atoms with van der Waals surface area (Å²) in [6.45, 7) is 2.07. The Morgan fingerprint density at radius 2 is 1.93 bits per heavy atom. The number of aromatic nitrogens is 3. The van der Waals surface area contributed by atoms with Gasteiger partial charge in [0.1, 0.15) is 5.82 Å². The molecule has 2 aromatic heterocycles. The number of pyridine rings is 1. The van der Waals surface area contributed by atoms with Crippen molar-refractivity contribution in [2.75, 3.05) is 0 Å². The number of hydrogen-bond acceptors (Lipinski definition) is 4. The first-order chi connectivity index (χ1) is 14.1. The van der Waals surface area contributed by atoms with E-state index >= 15 is 0 Å². The van der Waals surface area contributed by atoms with Gasteiger partial charge in [-0.05, 0) is 62.3 Å². The van der Waals surface area contributed by atoms with E-state index in [2.05, 4.69) is 22.3 Å². The third kappa shape index (κ3) is 4.00. The minimum atomic E-state index is -0.316. The van der Waals surface area contributed by atoms with Crippen LogP contribution in [-0.4, -0.2) is 37.9 Å². The Hall–Kier alpha value is -2.80. The predicted molar refractivity (Wildman–Crippen MR) is 108 cm³/mol. The van der Waals surface area contributed by atoms with Crippen LogP contribution in [0, 0.1) is 11.7 Å². The number of halogens is 1. The quantitative estimate of drug-likeness (QED) is 0.690. The molecule has 0 spiro atoms. The van der Waals surface area contributed by atoms with Gasteiger partial charge >= 0.3 is 0 Å². The molecule has 29 heavy (non-hydrogen) atoms. The molecule has 1 saturated carbocycles. The molecule has 4 rings (SSSR count). The van der Waals surface area contributed by atoms with Gasteiger partial charge in [0.15, 0.2) is 0 Å². The Morgan fingerprint density at radius 3 is 2.62 bits per heavy atom. The lowest BCUT2D eigenvalue weighted by molar-refractivity contribution is 0.0829.